The molecular formula is C15H26N4OS. The van der Waals surface area contributed by atoms with Gasteiger partial charge in [-0.2, -0.15) is 0 Å². The lowest BCUT2D eigenvalue weighted by Gasteiger charge is -2.31. The van der Waals surface area contributed by atoms with Crippen molar-refractivity contribution in [3.63, 3.8) is 0 Å². The van der Waals surface area contributed by atoms with Crippen molar-refractivity contribution in [2.45, 2.75) is 49.8 Å². The maximum atomic E-state index is 5.15. The number of rotatable bonds is 7. The molecule has 1 aromatic heterocycles. The Kier molecular flexibility index (Phi) is 5.19. The molecular weight excluding hydrogens is 284 g/mol. The maximum Gasteiger partial charge on any atom is 0.191 e. The summed E-state index contributed by atoms with van der Waals surface area (Å²) < 4.78 is 7.54. The first kappa shape index (κ1) is 15.3. The van der Waals surface area contributed by atoms with Crippen LogP contribution in [0.3, 0.4) is 0 Å². The highest BCUT2D eigenvalue weighted by Gasteiger charge is 2.30. The molecule has 2 heterocycles. The molecule has 0 spiro atoms. The summed E-state index contributed by atoms with van der Waals surface area (Å²) in [7, 11) is 3.97. The van der Waals surface area contributed by atoms with Crippen molar-refractivity contribution in [2.24, 2.45) is 5.92 Å². The Labute approximate surface area is 131 Å². The molecule has 0 bridgehead atoms. The fourth-order valence-electron chi connectivity index (χ4n) is 3.00. The van der Waals surface area contributed by atoms with Crippen molar-refractivity contribution in [3.05, 3.63) is 5.82 Å². The van der Waals surface area contributed by atoms with Crippen LogP contribution in [0, 0.1) is 5.92 Å². The molecule has 2 fully saturated rings. The zero-order valence-electron chi connectivity index (χ0n) is 13.1. The molecule has 0 radical (unpaired) electrons. The third-order valence-corrected chi connectivity index (χ3v) is 5.40. The van der Waals surface area contributed by atoms with Crippen LogP contribution < -0.4 is 0 Å². The van der Waals surface area contributed by atoms with E-state index in [1.165, 1.54) is 44.5 Å². The molecule has 0 N–H and O–H groups in total. The van der Waals surface area contributed by atoms with E-state index in [0.29, 0.717) is 6.04 Å². The van der Waals surface area contributed by atoms with E-state index in [9.17, 15) is 0 Å². The molecule has 0 amide bonds. The molecule has 2 aliphatic rings. The van der Waals surface area contributed by atoms with Gasteiger partial charge in [-0.15, -0.1) is 10.2 Å². The zero-order valence-corrected chi connectivity index (χ0v) is 13.9. The van der Waals surface area contributed by atoms with Gasteiger partial charge >= 0.3 is 0 Å². The lowest BCUT2D eigenvalue weighted by atomic mass is 10.0. The van der Waals surface area contributed by atoms with Crippen LogP contribution in [0.2, 0.25) is 0 Å². The topological polar surface area (TPSA) is 43.2 Å². The number of aromatic nitrogens is 3. The minimum Gasteiger partial charge on any atom is -0.384 e. The first-order valence-electron chi connectivity index (χ1n) is 8.04. The molecule has 118 valence electrons. The van der Waals surface area contributed by atoms with Gasteiger partial charge in [-0.3, -0.25) is 4.90 Å². The van der Waals surface area contributed by atoms with Crippen LogP contribution in [-0.2, 0) is 11.3 Å². The quantitative estimate of drug-likeness (QED) is 0.572. The second kappa shape index (κ2) is 7.11. The lowest BCUT2D eigenvalue weighted by molar-refractivity contribution is 0.174. The molecule has 1 aliphatic heterocycles. The molecule has 3 rings (SSSR count). The van der Waals surface area contributed by atoms with E-state index in [-0.39, 0.29) is 0 Å². The van der Waals surface area contributed by atoms with Gasteiger partial charge < -0.3 is 9.30 Å². The van der Waals surface area contributed by atoms with E-state index in [4.69, 9.17) is 4.74 Å². The standard InChI is InChI=1S/C15H26N4OS/c1-18-8-4-3-5-13(18)14-16-17-15(21-10-9-20-2)19(14)11-12-6-7-12/h12-13H,3-11H2,1-2H3. The molecule has 1 atom stereocenters. The average molecular weight is 310 g/mol. The normalized spacial score (nSPS) is 23.6. The summed E-state index contributed by atoms with van der Waals surface area (Å²) in [4.78, 5) is 2.44. The summed E-state index contributed by atoms with van der Waals surface area (Å²) in [6.07, 6.45) is 6.54. The van der Waals surface area contributed by atoms with Gasteiger partial charge in [0.2, 0.25) is 0 Å². The van der Waals surface area contributed by atoms with Crippen LogP contribution in [0.1, 0.15) is 44.0 Å². The largest absolute Gasteiger partial charge is 0.384 e. The fraction of sp³-hybridized carbons (Fsp3) is 0.867. The monoisotopic (exact) mass is 310 g/mol. The Hall–Kier alpha value is -0.590. The third-order valence-electron chi connectivity index (χ3n) is 4.47. The summed E-state index contributed by atoms with van der Waals surface area (Å²) >= 11 is 1.77. The second-order valence-corrected chi connectivity index (χ2v) is 7.29. The number of hydrogen-bond acceptors (Lipinski definition) is 5. The van der Waals surface area contributed by atoms with Crippen LogP contribution in [0.15, 0.2) is 5.16 Å². The van der Waals surface area contributed by atoms with Crippen molar-refractivity contribution >= 4 is 11.8 Å². The zero-order chi connectivity index (χ0) is 14.7. The van der Waals surface area contributed by atoms with Crippen LogP contribution in [0.25, 0.3) is 0 Å². The average Bonchev–Trinajstić information content (AvgIpc) is 3.22. The summed E-state index contributed by atoms with van der Waals surface area (Å²) in [6, 6.07) is 0.446. The van der Waals surface area contributed by atoms with Gasteiger partial charge in [-0.05, 0) is 45.2 Å². The molecule has 0 aromatic carbocycles. The first-order chi connectivity index (χ1) is 10.3. The highest BCUT2D eigenvalue weighted by Crippen LogP contribution is 2.35. The van der Waals surface area contributed by atoms with Crippen molar-refractivity contribution in [1.29, 1.82) is 0 Å². The smallest absolute Gasteiger partial charge is 0.191 e. The van der Waals surface area contributed by atoms with E-state index < -0.39 is 0 Å². The van der Waals surface area contributed by atoms with Crippen molar-refractivity contribution in [2.75, 3.05) is 33.1 Å². The predicted molar refractivity (Wildman–Crippen MR) is 84.6 cm³/mol. The van der Waals surface area contributed by atoms with Crippen LogP contribution in [-0.4, -0.2) is 52.7 Å². The van der Waals surface area contributed by atoms with Gasteiger partial charge in [0.15, 0.2) is 11.0 Å². The van der Waals surface area contributed by atoms with Crippen LogP contribution in [0.4, 0.5) is 0 Å². The number of methoxy groups -OCH3 is 1. The van der Waals surface area contributed by atoms with Crippen LogP contribution >= 0.6 is 11.8 Å². The number of likely N-dealkylation sites (tertiary alicyclic amines) is 1. The van der Waals surface area contributed by atoms with Gasteiger partial charge in [0.1, 0.15) is 0 Å². The van der Waals surface area contributed by atoms with Gasteiger partial charge in [0, 0.05) is 19.4 Å². The summed E-state index contributed by atoms with van der Waals surface area (Å²) in [5.41, 5.74) is 0. The second-order valence-electron chi connectivity index (χ2n) is 6.23. The van der Waals surface area contributed by atoms with Gasteiger partial charge in [-0.1, -0.05) is 18.2 Å². The molecule has 5 nitrogen and oxygen atoms in total. The molecule has 1 aliphatic carbocycles. The Morgan fingerprint density at radius 1 is 1.24 bits per heavy atom. The highest BCUT2D eigenvalue weighted by atomic mass is 32.2. The number of nitrogens with zero attached hydrogens (tertiary/aromatic N) is 4. The Bertz CT molecular complexity index is 461. The SMILES string of the molecule is COCCSc1nnc(C2CCCCN2C)n1CC1CC1. The third kappa shape index (κ3) is 3.79. The molecule has 21 heavy (non-hydrogen) atoms. The van der Waals surface area contributed by atoms with Gasteiger partial charge in [0.05, 0.1) is 12.6 Å². The van der Waals surface area contributed by atoms with E-state index in [1.54, 1.807) is 18.9 Å². The van der Waals surface area contributed by atoms with E-state index >= 15 is 0 Å². The Balaban J connectivity index is 1.77. The van der Waals surface area contributed by atoms with Crippen molar-refractivity contribution < 1.29 is 4.74 Å². The minimum absolute atomic E-state index is 0.446. The Morgan fingerprint density at radius 3 is 2.81 bits per heavy atom. The fourth-order valence-corrected chi connectivity index (χ4v) is 3.86. The van der Waals surface area contributed by atoms with Crippen LogP contribution in [0.5, 0.6) is 0 Å². The minimum atomic E-state index is 0.446. The maximum absolute atomic E-state index is 5.15. The summed E-state index contributed by atoms with van der Waals surface area (Å²) in [6.45, 7) is 3.04. The number of ether oxygens (including phenoxy) is 1. The molecule has 6 heteroatoms. The number of hydrogen-bond donors (Lipinski definition) is 0. The van der Waals surface area contributed by atoms with E-state index in [2.05, 4.69) is 26.7 Å². The summed E-state index contributed by atoms with van der Waals surface area (Å²) in [5.74, 6) is 2.97. The molecule has 1 saturated carbocycles. The highest BCUT2D eigenvalue weighted by molar-refractivity contribution is 7.99. The number of thioether (sulfide) groups is 1. The van der Waals surface area contributed by atoms with Gasteiger partial charge in [-0.25, -0.2) is 0 Å². The van der Waals surface area contributed by atoms with Crippen molar-refractivity contribution in [1.82, 2.24) is 19.7 Å². The van der Waals surface area contributed by atoms with Crippen molar-refractivity contribution in [3.8, 4) is 0 Å². The Morgan fingerprint density at radius 2 is 2.10 bits per heavy atom. The van der Waals surface area contributed by atoms with E-state index in [0.717, 1.165) is 30.0 Å². The van der Waals surface area contributed by atoms with Gasteiger partial charge in [0.25, 0.3) is 0 Å². The molecule has 1 unspecified atom stereocenters. The predicted octanol–water partition coefficient (Wildman–Crippen LogP) is 2.58. The molecule has 1 aromatic rings. The first-order valence-corrected chi connectivity index (χ1v) is 9.03. The van der Waals surface area contributed by atoms with E-state index in [1.807, 2.05) is 0 Å². The molecule has 1 saturated heterocycles. The lowest BCUT2D eigenvalue weighted by Crippen LogP contribution is -2.31. The summed E-state index contributed by atoms with van der Waals surface area (Å²) in [5, 5.41) is 10.1. The number of piperidine rings is 1.